The molecule has 0 aliphatic heterocycles. The van der Waals surface area contributed by atoms with Gasteiger partial charge in [0.15, 0.2) is 17.1 Å². The SMILES string of the molecule is COc1cccc(OC(C)(C)C(N)=S)c1OC. The first-order valence-electron chi connectivity index (χ1n) is 5.12. The zero-order valence-corrected chi connectivity index (χ0v) is 11.3. The van der Waals surface area contributed by atoms with Crippen molar-refractivity contribution >= 4 is 17.2 Å². The van der Waals surface area contributed by atoms with Gasteiger partial charge in [-0.15, -0.1) is 0 Å². The van der Waals surface area contributed by atoms with Gasteiger partial charge in [0.2, 0.25) is 5.75 Å². The lowest BCUT2D eigenvalue weighted by Crippen LogP contribution is -2.42. The molecule has 0 unspecified atom stereocenters. The second-order valence-electron chi connectivity index (χ2n) is 3.97. The summed E-state index contributed by atoms with van der Waals surface area (Å²) in [7, 11) is 3.12. The van der Waals surface area contributed by atoms with Crippen LogP contribution in [0, 0.1) is 0 Å². The fourth-order valence-corrected chi connectivity index (χ4v) is 1.30. The lowest BCUT2D eigenvalue weighted by atomic mass is 10.1. The summed E-state index contributed by atoms with van der Waals surface area (Å²) in [5, 5.41) is 0. The molecular weight excluding hydrogens is 238 g/mol. The predicted octanol–water partition coefficient (Wildman–Crippen LogP) is 2.15. The van der Waals surface area contributed by atoms with Gasteiger partial charge in [-0.2, -0.15) is 0 Å². The van der Waals surface area contributed by atoms with Gasteiger partial charge in [-0.3, -0.25) is 0 Å². The van der Waals surface area contributed by atoms with E-state index in [1.54, 1.807) is 40.2 Å². The van der Waals surface area contributed by atoms with E-state index in [2.05, 4.69) is 0 Å². The Labute approximate surface area is 107 Å². The Morgan fingerprint density at radius 3 is 2.24 bits per heavy atom. The van der Waals surface area contributed by atoms with Crippen LogP contribution in [-0.4, -0.2) is 24.8 Å². The van der Waals surface area contributed by atoms with Gasteiger partial charge >= 0.3 is 0 Å². The fraction of sp³-hybridized carbons (Fsp3) is 0.417. The van der Waals surface area contributed by atoms with Crippen molar-refractivity contribution < 1.29 is 14.2 Å². The van der Waals surface area contributed by atoms with Gasteiger partial charge in [0.25, 0.3) is 0 Å². The smallest absolute Gasteiger partial charge is 0.203 e. The van der Waals surface area contributed by atoms with Gasteiger partial charge in [0.1, 0.15) is 4.99 Å². The molecule has 1 rings (SSSR count). The molecule has 0 spiro atoms. The van der Waals surface area contributed by atoms with E-state index in [9.17, 15) is 0 Å². The molecule has 0 heterocycles. The fourth-order valence-electron chi connectivity index (χ4n) is 1.26. The summed E-state index contributed by atoms with van der Waals surface area (Å²) >= 11 is 4.95. The van der Waals surface area contributed by atoms with Crippen molar-refractivity contribution in [3.63, 3.8) is 0 Å². The summed E-state index contributed by atoms with van der Waals surface area (Å²) in [4.78, 5) is 0.280. The van der Waals surface area contributed by atoms with E-state index in [1.807, 2.05) is 6.07 Å². The van der Waals surface area contributed by atoms with Crippen LogP contribution in [0.2, 0.25) is 0 Å². The molecule has 0 saturated heterocycles. The number of ether oxygens (including phenoxy) is 3. The average molecular weight is 255 g/mol. The molecule has 0 aromatic heterocycles. The molecular formula is C12H17NO3S. The van der Waals surface area contributed by atoms with E-state index in [0.29, 0.717) is 17.2 Å². The zero-order valence-electron chi connectivity index (χ0n) is 10.4. The van der Waals surface area contributed by atoms with E-state index >= 15 is 0 Å². The largest absolute Gasteiger partial charge is 0.493 e. The van der Waals surface area contributed by atoms with Crippen LogP contribution >= 0.6 is 12.2 Å². The summed E-state index contributed by atoms with van der Waals surface area (Å²) < 4.78 is 16.2. The highest BCUT2D eigenvalue weighted by Gasteiger charge is 2.25. The maximum Gasteiger partial charge on any atom is 0.203 e. The van der Waals surface area contributed by atoms with Gasteiger partial charge < -0.3 is 19.9 Å². The van der Waals surface area contributed by atoms with Crippen molar-refractivity contribution in [3.05, 3.63) is 18.2 Å². The topological polar surface area (TPSA) is 53.7 Å². The summed E-state index contributed by atoms with van der Waals surface area (Å²) in [6, 6.07) is 5.38. The highest BCUT2D eigenvalue weighted by molar-refractivity contribution is 7.80. The maximum atomic E-state index is 5.76. The number of methoxy groups -OCH3 is 2. The Morgan fingerprint density at radius 1 is 1.18 bits per heavy atom. The summed E-state index contributed by atoms with van der Waals surface area (Å²) in [5.41, 5.74) is 4.87. The normalized spacial score (nSPS) is 10.8. The molecule has 2 N–H and O–H groups in total. The third kappa shape index (κ3) is 3.00. The number of para-hydroxylation sites is 1. The third-order valence-electron chi connectivity index (χ3n) is 2.33. The van der Waals surface area contributed by atoms with Gasteiger partial charge in [-0.05, 0) is 26.0 Å². The van der Waals surface area contributed by atoms with E-state index in [0.717, 1.165) is 0 Å². The van der Waals surface area contributed by atoms with Gasteiger partial charge in [0, 0.05) is 0 Å². The third-order valence-corrected chi connectivity index (χ3v) is 2.82. The number of rotatable bonds is 5. The van der Waals surface area contributed by atoms with Gasteiger partial charge in [-0.1, -0.05) is 18.3 Å². The zero-order chi connectivity index (χ0) is 13.1. The van der Waals surface area contributed by atoms with Crippen LogP contribution < -0.4 is 19.9 Å². The molecule has 0 amide bonds. The summed E-state index contributed by atoms with van der Waals surface area (Å²) in [5.74, 6) is 1.67. The lowest BCUT2D eigenvalue weighted by molar-refractivity contribution is 0.174. The standard InChI is InChI=1S/C12H17NO3S/c1-12(2,11(13)17)16-9-7-5-6-8(14-3)10(9)15-4/h5-7H,1-4H3,(H2,13,17). The number of hydrogen-bond donors (Lipinski definition) is 1. The van der Waals surface area contributed by atoms with E-state index in [-0.39, 0.29) is 4.99 Å². The molecule has 4 nitrogen and oxygen atoms in total. The first kappa shape index (κ1) is 13.6. The lowest BCUT2D eigenvalue weighted by Gasteiger charge is -2.26. The Balaban J connectivity index is 3.10. The molecule has 0 bridgehead atoms. The summed E-state index contributed by atoms with van der Waals surface area (Å²) in [6.45, 7) is 3.60. The van der Waals surface area contributed by atoms with Crippen LogP contribution in [0.3, 0.4) is 0 Å². The second kappa shape index (κ2) is 5.23. The molecule has 0 atom stereocenters. The summed E-state index contributed by atoms with van der Waals surface area (Å²) in [6.07, 6.45) is 0. The molecule has 0 aliphatic rings. The quantitative estimate of drug-likeness (QED) is 0.817. The highest BCUT2D eigenvalue weighted by atomic mass is 32.1. The Kier molecular flexibility index (Phi) is 4.17. The molecule has 5 heteroatoms. The van der Waals surface area contributed by atoms with E-state index in [4.69, 9.17) is 32.2 Å². The molecule has 0 fully saturated rings. The monoisotopic (exact) mass is 255 g/mol. The van der Waals surface area contributed by atoms with Crippen LogP contribution in [0.4, 0.5) is 0 Å². The van der Waals surface area contributed by atoms with Crippen molar-refractivity contribution in [1.82, 2.24) is 0 Å². The number of benzene rings is 1. The van der Waals surface area contributed by atoms with Crippen LogP contribution in [0.5, 0.6) is 17.2 Å². The Hall–Kier alpha value is -1.49. The minimum atomic E-state index is -0.741. The van der Waals surface area contributed by atoms with E-state index in [1.165, 1.54) is 0 Å². The van der Waals surface area contributed by atoms with Crippen molar-refractivity contribution in [2.75, 3.05) is 14.2 Å². The van der Waals surface area contributed by atoms with Crippen LogP contribution in [0.1, 0.15) is 13.8 Å². The molecule has 0 saturated carbocycles. The van der Waals surface area contributed by atoms with Crippen molar-refractivity contribution in [3.8, 4) is 17.2 Å². The molecule has 0 aliphatic carbocycles. The minimum Gasteiger partial charge on any atom is -0.493 e. The van der Waals surface area contributed by atoms with Crippen LogP contribution in [0.15, 0.2) is 18.2 Å². The number of nitrogens with two attached hydrogens (primary N) is 1. The van der Waals surface area contributed by atoms with Crippen LogP contribution in [-0.2, 0) is 0 Å². The maximum absolute atomic E-state index is 5.76. The first-order valence-corrected chi connectivity index (χ1v) is 5.53. The van der Waals surface area contributed by atoms with Crippen molar-refractivity contribution in [2.24, 2.45) is 5.73 Å². The first-order chi connectivity index (χ1) is 7.92. The molecule has 1 aromatic carbocycles. The van der Waals surface area contributed by atoms with Gasteiger partial charge in [0.05, 0.1) is 14.2 Å². The van der Waals surface area contributed by atoms with Crippen molar-refractivity contribution in [2.45, 2.75) is 19.4 Å². The second-order valence-corrected chi connectivity index (χ2v) is 4.41. The highest BCUT2D eigenvalue weighted by Crippen LogP contribution is 2.38. The van der Waals surface area contributed by atoms with Crippen LogP contribution in [0.25, 0.3) is 0 Å². The number of thiocarbonyl (C=S) groups is 1. The molecule has 17 heavy (non-hydrogen) atoms. The molecule has 1 aromatic rings. The number of hydrogen-bond acceptors (Lipinski definition) is 4. The Bertz CT molecular complexity index is 418. The average Bonchev–Trinajstić information content (AvgIpc) is 2.27. The molecule has 94 valence electrons. The minimum absolute atomic E-state index is 0.280. The predicted molar refractivity (Wildman–Crippen MR) is 71.0 cm³/mol. The van der Waals surface area contributed by atoms with E-state index < -0.39 is 5.60 Å². The van der Waals surface area contributed by atoms with Crippen molar-refractivity contribution in [1.29, 1.82) is 0 Å². The Morgan fingerprint density at radius 2 is 1.76 bits per heavy atom. The van der Waals surface area contributed by atoms with Gasteiger partial charge in [-0.25, -0.2) is 0 Å². The molecule has 0 radical (unpaired) electrons.